The highest BCUT2D eigenvalue weighted by Crippen LogP contribution is 2.39. The van der Waals surface area contributed by atoms with Gasteiger partial charge in [-0.2, -0.15) is 0 Å². The third-order valence-corrected chi connectivity index (χ3v) is 4.04. The SMILES string of the molecule is Cc1ncnc(NCC2(CC(=O)O)CCCCC2)c1F. The van der Waals surface area contributed by atoms with E-state index >= 15 is 0 Å². The summed E-state index contributed by atoms with van der Waals surface area (Å²) in [6, 6.07) is 0. The van der Waals surface area contributed by atoms with E-state index in [2.05, 4.69) is 15.3 Å². The summed E-state index contributed by atoms with van der Waals surface area (Å²) in [6.45, 7) is 2.02. The molecule has 20 heavy (non-hydrogen) atoms. The van der Waals surface area contributed by atoms with Gasteiger partial charge < -0.3 is 10.4 Å². The predicted octanol–water partition coefficient (Wildman–Crippen LogP) is 2.76. The van der Waals surface area contributed by atoms with Gasteiger partial charge in [0.2, 0.25) is 0 Å². The predicted molar refractivity (Wildman–Crippen MR) is 73.0 cm³/mol. The van der Waals surface area contributed by atoms with E-state index in [1.165, 1.54) is 6.33 Å². The Hall–Kier alpha value is -1.72. The van der Waals surface area contributed by atoms with Gasteiger partial charge in [-0.3, -0.25) is 4.79 Å². The van der Waals surface area contributed by atoms with Crippen LogP contribution in [0.4, 0.5) is 10.2 Å². The summed E-state index contributed by atoms with van der Waals surface area (Å²) in [5, 5.41) is 12.1. The van der Waals surface area contributed by atoms with Gasteiger partial charge in [0.05, 0.1) is 12.1 Å². The van der Waals surface area contributed by atoms with Gasteiger partial charge in [-0.1, -0.05) is 19.3 Å². The molecule has 5 nitrogen and oxygen atoms in total. The van der Waals surface area contributed by atoms with Crippen LogP contribution in [-0.4, -0.2) is 27.6 Å². The number of anilines is 1. The molecule has 0 radical (unpaired) electrons. The highest BCUT2D eigenvalue weighted by Gasteiger charge is 2.34. The molecule has 1 heterocycles. The molecule has 0 bridgehead atoms. The van der Waals surface area contributed by atoms with Crippen molar-refractivity contribution >= 4 is 11.8 Å². The Bertz CT molecular complexity index is 487. The quantitative estimate of drug-likeness (QED) is 0.868. The number of hydrogen-bond donors (Lipinski definition) is 2. The van der Waals surface area contributed by atoms with Gasteiger partial charge >= 0.3 is 5.97 Å². The maximum Gasteiger partial charge on any atom is 0.303 e. The lowest BCUT2D eigenvalue weighted by atomic mass is 9.71. The summed E-state index contributed by atoms with van der Waals surface area (Å²) < 4.78 is 13.8. The van der Waals surface area contributed by atoms with Gasteiger partial charge in [-0.25, -0.2) is 14.4 Å². The average molecular weight is 281 g/mol. The topological polar surface area (TPSA) is 75.1 Å². The molecule has 1 aliphatic rings. The second-order valence-corrected chi connectivity index (χ2v) is 5.61. The molecule has 1 aromatic heterocycles. The van der Waals surface area contributed by atoms with Crippen molar-refractivity contribution in [3.63, 3.8) is 0 Å². The molecular formula is C14H20FN3O2. The fourth-order valence-corrected chi connectivity index (χ4v) is 2.89. The summed E-state index contributed by atoms with van der Waals surface area (Å²) in [7, 11) is 0. The summed E-state index contributed by atoms with van der Waals surface area (Å²) >= 11 is 0. The molecular weight excluding hydrogens is 261 g/mol. The summed E-state index contributed by atoms with van der Waals surface area (Å²) in [4.78, 5) is 18.7. The number of nitrogens with one attached hydrogen (secondary N) is 1. The first-order valence-electron chi connectivity index (χ1n) is 6.95. The molecule has 2 rings (SSSR count). The molecule has 1 fully saturated rings. The lowest BCUT2D eigenvalue weighted by Crippen LogP contribution is -2.35. The first-order valence-corrected chi connectivity index (χ1v) is 6.95. The minimum absolute atomic E-state index is 0.117. The van der Waals surface area contributed by atoms with Gasteiger partial charge in [0.15, 0.2) is 11.6 Å². The standard InChI is InChI=1S/C14H20FN3O2/c1-10-12(15)13(18-9-17-10)16-8-14(7-11(19)20)5-3-2-4-6-14/h9H,2-8H2,1H3,(H,19,20)(H,16,17,18). The zero-order valence-electron chi connectivity index (χ0n) is 11.7. The van der Waals surface area contributed by atoms with Crippen LogP contribution in [0.25, 0.3) is 0 Å². The zero-order valence-corrected chi connectivity index (χ0v) is 11.7. The second kappa shape index (κ2) is 6.15. The molecule has 0 amide bonds. The molecule has 1 aromatic rings. The van der Waals surface area contributed by atoms with Crippen LogP contribution in [0.15, 0.2) is 6.33 Å². The van der Waals surface area contributed by atoms with Gasteiger partial charge in [-0.05, 0) is 25.2 Å². The lowest BCUT2D eigenvalue weighted by Gasteiger charge is -2.36. The van der Waals surface area contributed by atoms with Crippen LogP contribution in [0, 0.1) is 18.2 Å². The number of carbonyl (C=O) groups is 1. The van der Waals surface area contributed by atoms with Crippen LogP contribution in [0.1, 0.15) is 44.2 Å². The number of aliphatic carboxylic acids is 1. The Labute approximate surface area is 117 Å². The van der Waals surface area contributed by atoms with Crippen LogP contribution in [0.2, 0.25) is 0 Å². The first-order chi connectivity index (χ1) is 9.52. The Morgan fingerprint density at radius 3 is 2.75 bits per heavy atom. The number of aromatic nitrogens is 2. The molecule has 6 heteroatoms. The summed E-state index contributed by atoms with van der Waals surface area (Å²) in [5.74, 6) is -1.10. The number of carboxylic acid groups (broad SMARTS) is 1. The fourth-order valence-electron chi connectivity index (χ4n) is 2.89. The van der Waals surface area contributed by atoms with Crippen molar-refractivity contribution in [2.45, 2.75) is 45.4 Å². The van der Waals surface area contributed by atoms with E-state index in [0.29, 0.717) is 12.2 Å². The van der Waals surface area contributed by atoms with Crippen LogP contribution >= 0.6 is 0 Å². The number of rotatable bonds is 5. The Morgan fingerprint density at radius 1 is 1.40 bits per heavy atom. The molecule has 0 atom stereocenters. The van der Waals surface area contributed by atoms with E-state index in [4.69, 9.17) is 5.11 Å². The first kappa shape index (κ1) is 14.7. The summed E-state index contributed by atoms with van der Waals surface area (Å²) in [6.07, 6.45) is 6.34. The third kappa shape index (κ3) is 3.43. The molecule has 0 aliphatic heterocycles. The number of aryl methyl sites for hydroxylation is 1. The van der Waals surface area contributed by atoms with Crippen molar-refractivity contribution in [2.24, 2.45) is 5.41 Å². The monoisotopic (exact) mass is 281 g/mol. The third-order valence-electron chi connectivity index (χ3n) is 4.04. The smallest absolute Gasteiger partial charge is 0.303 e. The lowest BCUT2D eigenvalue weighted by molar-refractivity contribution is -0.140. The van der Waals surface area contributed by atoms with E-state index in [-0.39, 0.29) is 17.7 Å². The van der Waals surface area contributed by atoms with Crippen LogP contribution in [0.3, 0.4) is 0 Å². The second-order valence-electron chi connectivity index (χ2n) is 5.61. The average Bonchev–Trinajstić information content (AvgIpc) is 2.41. The van der Waals surface area contributed by atoms with E-state index in [1.807, 2.05) is 0 Å². The Balaban J connectivity index is 2.08. The molecule has 2 N–H and O–H groups in total. The van der Waals surface area contributed by atoms with Crippen molar-refractivity contribution in [1.82, 2.24) is 9.97 Å². The molecule has 1 aliphatic carbocycles. The molecule has 0 unspecified atom stereocenters. The maximum atomic E-state index is 13.8. The Kier molecular flexibility index (Phi) is 4.52. The van der Waals surface area contributed by atoms with Gasteiger partial charge in [-0.15, -0.1) is 0 Å². The van der Waals surface area contributed by atoms with Crippen molar-refractivity contribution in [2.75, 3.05) is 11.9 Å². The minimum Gasteiger partial charge on any atom is -0.481 e. The van der Waals surface area contributed by atoms with Gasteiger partial charge in [0, 0.05) is 6.54 Å². The number of carboxylic acids is 1. The van der Waals surface area contributed by atoms with Gasteiger partial charge in [0.1, 0.15) is 6.33 Å². The normalized spacial score (nSPS) is 17.7. The number of halogens is 1. The van der Waals surface area contributed by atoms with Crippen molar-refractivity contribution < 1.29 is 14.3 Å². The highest BCUT2D eigenvalue weighted by molar-refractivity contribution is 5.67. The van der Waals surface area contributed by atoms with E-state index in [9.17, 15) is 9.18 Å². The molecule has 110 valence electrons. The molecule has 0 spiro atoms. The van der Waals surface area contributed by atoms with Crippen molar-refractivity contribution in [1.29, 1.82) is 0 Å². The molecule has 1 saturated carbocycles. The van der Waals surface area contributed by atoms with E-state index in [1.54, 1.807) is 6.92 Å². The van der Waals surface area contributed by atoms with Crippen LogP contribution in [0.5, 0.6) is 0 Å². The largest absolute Gasteiger partial charge is 0.481 e. The van der Waals surface area contributed by atoms with Crippen molar-refractivity contribution in [3.8, 4) is 0 Å². The summed E-state index contributed by atoms with van der Waals surface area (Å²) in [5.41, 5.74) is -0.00604. The zero-order chi connectivity index (χ0) is 14.6. The highest BCUT2D eigenvalue weighted by atomic mass is 19.1. The minimum atomic E-state index is -0.798. The molecule has 0 aromatic carbocycles. The van der Waals surface area contributed by atoms with E-state index < -0.39 is 11.8 Å². The van der Waals surface area contributed by atoms with Crippen LogP contribution in [-0.2, 0) is 4.79 Å². The number of hydrogen-bond acceptors (Lipinski definition) is 4. The van der Waals surface area contributed by atoms with Crippen molar-refractivity contribution in [3.05, 3.63) is 17.8 Å². The van der Waals surface area contributed by atoms with Crippen LogP contribution < -0.4 is 5.32 Å². The van der Waals surface area contributed by atoms with Gasteiger partial charge in [0.25, 0.3) is 0 Å². The molecule has 0 saturated heterocycles. The fraction of sp³-hybridized carbons (Fsp3) is 0.643. The van der Waals surface area contributed by atoms with E-state index in [0.717, 1.165) is 32.1 Å². The Morgan fingerprint density at radius 2 is 2.10 bits per heavy atom. The maximum absolute atomic E-state index is 13.8. The number of nitrogens with zero attached hydrogens (tertiary/aromatic N) is 2.